The van der Waals surface area contributed by atoms with Crippen LogP contribution in [0.5, 0.6) is 5.75 Å². The van der Waals surface area contributed by atoms with E-state index in [1.807, 2.05) is 12.1 Å². The van der Waals surface area contributed by atoms with Crippen LogP contribution in [0.4, 0.5) is 0 Å². The number of fused-ring (bicyclic) bond motifs is 1. The fourth-order valence-corrected chi connectivity index (χ4v) is 2.68. The summed E-state index contributed by atoms with van der Waals surface area (Å²) in [5.74, 6) is 0.875. The summed E-state index contributed by atoms with van der Waals surface area (Å²) in [5, 5.41) is 2.90. The van der Waals surface area contributed by atoms with Gasteiger partial charge < -0.3 is 10.1 Å². The number of aryl methyl sites for hydroxylation is 1. The first kappa shape index (κ1) is 14.9. The number of ether oxygens (including phenoxy) is 1. The molecule has 0 spiro atoms. The highest BCUT2D eigenvalue weighted by Crippen LogP contribution is 2.29. The van der Waals surface area contributed by atoms with Crippen LogP contribution in [-0.4, -0.2) is 19.1 Å². The number of benzene rings is 1. The van der Waals surface area contributed by atoms with E-state index in [-0.39, 0.29) is 12.5 Å². The van der Waals surface area contributed by atoms with Gasteiger partial charge in [0.15, 0.2) is 6.61 Å². The number of amides is 1. The molecule has 0 aliphatic heterocycles. The molecule has 2 rings (SSSR count). The van der Waals surface area contributed by atoms with Crippen molar-refractivity contribution in [2.75, 3.05) is 13.2 Å². The highest BCUT2D eigenvalue weighted by molar-refractivity contribution is 5.77. The standard InChI is InChI=1S/C17H25NO2/c1-2-3-6-12-18-17(19)13-20-16-11-7-9-14-8-4-5-10-15(14)16/h7,9,11H,2-6,8,10,12-13H2,1H3,(H,18,19). The van der Waals surface area contributed by atoms with Crippen LogP contribution in [0.1, 0.15) is 50.2 Å². The average Bonchev–Trinajstić information content (AvgIpc) is 2.49. The molecular weight excluding hydrogens is 250 g/mol. The van der Waals surface area contributed by atoms with Crippen molar-refractivity contribution < 1.29 is 9.53 Å². The van der Waals surface area contributed by atoms with Gasteiger partial charge in [-0.25, -0.2) is 0 Å². The number of unbranched alkanes of at least 4 members (excludes halogenated alkanes) is 2. The fraction of sp³-hybridized carbons (Fsp3) is 0.588. The molecule has 1 aromatic rings. The summed E-state index contributed by atoms with van der Waals surface area (Å²) >= 11 is 0. The maximum Gasteiger partial charge on any atom is 0.257 e. The summed E-state index contributed by atoms with van der Waals surface area (Å²) in [7, 11) is 0. The molecule has 1 aliphatic carbocycles. The third-order valence-electron chi connectivity index (χ3n) is 3.81. The van der Waals surface area contributed by atoms with E-state index < -0.39 is 0 Å². The van der Waals surface area contributed by atoms with Crippen LogP contribution < -0.4 is 10.1 Å². The summed E-state index contributed by atoms with van der Waals surface area (Å²) in [6.07, 6.45) is 8.06. The second-order valence-electron chi connectivity index (χ2n) is 5.45. The Hall–Kier alpha value is -1.51. The van der Waals surface area contributed by atoms with Gasteiger partial charge >= 0.3 is 0 Å². The Morgan fingerprint density at radius 1 is 1.25 bits per heavy atom. The molecule has 0 aromatic heterocycles. The highest BCUT2D eigenvalue weighted by atomic mass is 16.5. The van der Waals surface area contributed by atoms with E-state index in [0.717, 1.165) is 38.0 Å². The van der Waals surface area contributed by atoms with E-state index in [0.29, 0.717) is 0 Å². The van der Waals surface area contributed by atoms with E-state index in [2.05, 4.69) is 18.3 Å². The van der Waals surface area contributed by atoms with Gasteiger partial charge in [0.2, 0.25) is 0 Å². The quantitative estimate of drug-likeness (QED) is 0.776. The number of hydrogen-bond acceptors (Lipinski definition) is 2. The van der Waals surface area contributed by atoms with Crippen molar-refractivity contribution in [3.63, 3.8) is 0 Å². The van der Waals surface area contributed by atoms with Crippen LogP contribution in [0, 0.1) is 0 Å². The zero-order chi connectivity index (χ0) is 14.2. The minimum Gasteiger partial charge on any atom is -0.483 e. The predicted octanol–water partition coefficient (Wildman–Crippen LogP) is 3.25. The Balaban J connectivity index is 1.80. The molecule has 0 unspecified atom stereocenters. The second kappa shape index (κ2) is 7.93. The molecule has 0 saturated heterocycles. The predicted molar refractivity (Wildman–Crippen MR) is 81.1 cm³/mol. The molecule has 1 amide bonds. The van der Waals surface area contributed by atoms with Crippen LogP contribution >= 0.6 is 0 Å². The average molecular weight is 275 g/mol. The largest absolute Gasteiger partial charge is 0.483 e. The zero-order valence-corrected chi connectivity index (χ0v) is 12.4. The molecule has 1 aromatic carbocycles. The van der Waals surface area contributed by atoms with Crippen LogP contribution in [0.2, 0.25) is 0 Å². The van der Waals surface area contributed by atoms with Crippen molar-refractivity contribution in [3.05, 3.63) is 29.3 Å². The summed E-state index contributed by atoms with van der Waals surface area (Å²) < 4.78 is 5.71. The number of rotatable bonds is 7. The normalized spacial score (nSPS) is 13.7. The molecule has 1 N–H and O–H groups in total. The molecule has 0 radical (unpaired) electrons. The number of carbonyl (C=O) groups is 1. The van der Waals surface area contributed by atoms with Gasteiger partial charge in [-0.15, -0.1) is 0 Å². The first-order valence-corrected chi connectivity index (χ1v) is 7.81. The third-order valence-corrected chi connectivity index (χ3v) is 3.81. The van der Waals surface area contributed by atoms with Gasteiger partial charge in [0.1, 0.15) is 5.75 Å². The molecule has 1 aliphatic rings. The van der Waals surface area contributed by atoms with Crippen LogP contribution in [0.3, 0.4) is 0 Å². The van der Waals surface area contributed by atoms with Gasteiger partial charge in [0.05, 0.1) is 0 Å². The molecular formula is C17H25NO2. The maximum atomic E-state index is 11.7. The lowest BCUT2D eigenvalue weighted by molar-refractivity contribution is -0.123. The minimum absolute atomic E-state index is 0.0190. The summed E-state index contributed by atoms with van der Waals surface area (Å²) in [4.78, 5) is 11.7. The van der Waals surface area contributed by atoms with E-state index in [1.165, 1.54) is 30.4 Å². The summed E-state index contributed by atoms with van der Waals surface area (Å²) in [6, 6.07) is 6.18. The molecule has 3 heteroatoms. The Bertz CT molecular complexity index is 443. The van der Waals surface area contributed by atoms with Crippen molar-refractivity contribution in [1.82, 2.24) is 5.32 Å². The lowest BCUT2D eigenvalue weighted by atomic mass is 9.91. The fourth-order valence-electron chi connectivity index (χ4n) is 2.68. The Kier molecular flexibility index (Phi) is 5.90. The second-order valence-corrected chi connectivity index (χ2v) is 5.45. The van der Waals surface area contributed by atoms with Gasteiger partial charge in [-0.2, -0.15) is 0 Å². The first-order chi connectivity index (χ1) is 9.81. The summed E-state index contributed by atoms with van der Waals surface area (Å²) in [6.45, 7) is 3.04. The molecule has 0 atom stereocenters. The minimum atomic E-state index is -0.0190. The zero-order valence-electron chi connectivity index (χ0n) is 12.4. The maximum absolute atomic E-state index is 11.7. The Morgan fingerprint density at radius 3 is 2.95 bits per heavy atom. The van der Waals surface area contributed by atoms with Gasteiger partial charge in [-0.05, 0) is 49.3 Å². The van der Waals surface area contributed by atoms with Crippen molar-refractivity contribution in [3.8, 4) is 5.75 Å². The number of nitrogens with one attached hydrogen (secondary N) is 1. The topological polar surface area (TPSA) is 38.3 Å². The van der Waals surface area contributed by atoms with E-state index >= 15 is 0 Å². The molecule has 20 heavy (non-hydrogen) atoms. The first-order valence-electron chi connectivity index (χ1n) is 7.81. The van der Waals surface area contributed by atoms with Gasteiger partial charge in [0, 0.05) is 6.54 Å². The van der Waals surface area contributed by atoms with Crippen molar-refractivity contribution in [2.24, 2.45) is 0 Å². The number of carbonyl (C=O) groups excluding carboxylic acids is 1. The van der Waals surface area contributed by atoms with E-state index in [1.54, 1.807) is 0 Å². The van der Waals surface area contributed by atoms with E-state index in [4.69, 9.17) is 4.74 Å². The van der Waals surface area contributed by atoms with Crippen LogP contribution in [0.25, 0.3) is 0 Å². The van der Waals surface area contributed by atoms with Gasteiger partial charge in [0.25, 0.3) is 5.91 Å². The molecule has 3 nitrogen and oxygen atoms in total. The third kappa shape index (κ3) is 4.26. The van der Waals surface area contributed by atoms with Gasteiger partial charge in [-0.1, -0.05) is 31.9 Å². The molecule has 0 saturated carbocycles. The molecule has 0 fully saturated rings. The Morgan fingerprint density at radius 2 is 2.10 bits per heavy atom. The molecule has 110 valence electrons. The van der Waals surface area contributed by atoms with E-state index in [9.17, 15) is 4.79 Å². The monoisotopic (exact) mass is 275 g/mol. The SMILES string of the molecule is CCCCCNC(=O)COc1cccc2c1CCCC2. The number of hydrogen-bond donors (Lipinski definition) is 1. The molecule has 0 heterocycles. The van der Waals surface area contributed by atoms with Crippen molar-refractivity contribution in [2.45, 2.75) is 51.9 Å². The van der Waals surface area contributed by atoms with Crippen molar-refractivity contribution >= 4 is 5.91 Å². The highest BCUT2D eigenvalue weighted by Gasteiger charge is 2.14. The van der Waals surface area contributed by atoms with Crippen LogP contribution in [0.15, 0.2) is 18.2 Å². The lowest BCUT2D eigenvalue weighted by Crippen LogP contribution is -2.29. The van der Waals surface area contributed by atoms with Crippen molar-refractivity contribution in [1.29, 1.82) is 0 Å². The van der Waals surface area contributed by atoms with Gasteiger partial charge in [-0.3, -0.25) is 4.79 Å². The van der Waals surface area contributed by atoms with Crippen LogP contribution in [-0.2, 0) is 17.6 Å². The lowest BCUT2D eigenvalue weighted by Gasteiger charge is -2.19. The summed E-state index contributed by atoms with van der Waals surface area (Å²) in [5.41, 5.74) is 2.69. The Labute approximate surface area is 121 Å². The molecule has 0 bridgehead atoms. The smallest absolute Gasteiger partial charge is 0.257 e.